The average Bonchev–Trinajstić information content (AvgIpc) is 2.96. The van der Waals surface area contributed by atoms with Crippen molar-refractivity contribution in [3.8, 4) is 5.88 Å². The van der Waals surface area contributed by atoms with Crippen molar-refractivity contribution in [2.45, 2.75) is 56.4 Å². The van der Waals surface area contributed by atoms with Crippen molar-refractivity contribution in [2.75, 3.05) is 18.4 Å². The minimum absolute atomic E-state index is 0.138. The maximum absolute atomic E-state index is 13.1. The fourth-order valence-electron chi connectivity index (χ4n) is 5.30. The van der Waals surface area contributed by atoms with Crippen molar-refractivity contribution in [2.24, 2.45) is 0 Å². The van der Waals surface area contributed by atoms with Crippen LogP contribution in [0, 0.1) is 0 Å². The SMILES string of the molecule is CC(C)(C)Oc1cc(NC2CCN(S(=O)(=O)C(F)(F)F)CC2)c2cc(C(O)(c3ccc(Cl)cc3)c3ccc(Cl)nc3)ccc2n1. The zero-order chi connectivity index (χ0) is 32.8. The van der Waals surface area contributed by atoms with E-state index in [0.29, 0.717) is 48.5 Å². The van der Waals surface area contributed by atoms with Gasteiger partial charge in [0, 0.05) is 53.1 Å². The van der Waals surface area contributed by atoms with Crippen LogP contribution in [0.4, 0.5) is 18.9 Å². The number of fused-ring (bicyclic) bond motifs is 1. The van der Waals surface area contributed by atoms with Gasteiger partial charge in [-0.1, -0.05) is 47.5 Å². The highest BCUT2D eigenvalue weighted by molar-refractivity contribution is 7.90. The maximum Gasteiger partial charge on any atom is 0.511 e. The first-order chi connectivity index (χ1) is 21.0. The monoisotopic (exact) mass is 682 g/mol. The number of ether oxygens (including phenoxy) is 1. The molecular formula is C31H31Cl2F3N4O4S. The van der Waals surface area contributed by atoms with Gasteiger partial charge in [0.15, 0.2) is 0 Å². The molecule has 1 saturated heterocycles. The van der Waals surface area contributed by atoms with Crippen LogP contribution in [0.5, 0.6) is 5.88 Å². The number of hydrogen-bond donors (Lipinski definition) is 2. The van der Waals surface area contributed by atoms with E-state index in [1.54, 1.807) is 60.7 Å². The molecule has 1 unspecified atom stereocenters. The molecule has 2 aromatic heterocycles. The molecule has 240 valence electrons. The Morgan fingerprint density at radius 3 is 2.13 bits per heavy atom. The van der Waals surface area contributed by atoms with E-state index in [2.05, 4.69) is 15.3 Å². The van der Waals surface area contributed by atoms with Crippen LogP contribution < -0.4 is 10.1 Å². The highest BCUT2D eigenvalue weighted by Crippen LogP contribution is 2.40. The van der Waals surface area contributed by atoms with E-state index in [1.165, 1.54) is 6.20 Å². The van der Waals surface area contributed by atoms with Crippen LogP contribution in [0.25, 0.3) is 10.9 Å². The fourth-order valence-corrected chi connectivity index (χ4v) is 6.52. The number of anilines is 1. The van der Waals surface area contributed by atoms with Crippen LogP contribution in [0.3, 0.4) is 0 Å². The van der Waals surface area contributed by atoms with Crippen molar-refractivity contribution in [1.29, 1.82) is 0 Å². The van der Waals surface area contributed by atoms with Gasteiger partial charge < -0.3 is 15.2 Å². The molecule has 0 amide bonds. The van der Waals surface area contributed by atoms with Gasteiger partial charge in [-0.15, -0.1) is 0 Å². The summed E-state index contributed by atoms with van der Waals surface area (Å²) in [7, 11) is -5.41. The molecule has 0 bridgehead atoms. The van der Waals surface area contributed by atoms with Gasteiger partial charge >= 0.3 is 15.5 Å². The molecule has 2 N–H and O–H groups in total. The second-order valence-electron chi connectivity index (χ2n) is 11.8. The lowest BCUT2D eigenvalue weighted by molar-refractivity contribution is -0.0494. The number of alkyl halides is 3. The molecule has 14 heteroatoms. The highest BCUT2D eigenvalue weighted by Gasteiger charge is 2.50. The van der Waals surface area contributed by atoms with Crippen LogP contribution in [0.1, 0.15) is 50.3 Å². The van der Waals surface area contributed by atoms with Crippen molar-refractivity contribution in [3.63, 3.8) is 0 Å². The number of pyridine rings is 2. The second kappa shape index (κ2) is 12.2. The molecule has 0 spiro atoms. The third-order valence-electron chi connectivity index (χ3n) is 7.47. The molecule has 0 saturated carbocycles. The van der Waals surface area contributed by atoms with Gasteiger partial charge in [0.1, 0.15) is 16.4 Å². The third-order valence-corrected chi connectivity index (χ3v) is 9.57. The number of aromatic nitrogens is 2. The molecular weight excluding hydrogens is 652 g/mol. The topological polar surface area (TPSA) is 105 Å². The van der Waals surface area contributed by atoms with E-state index in [0.717, 1.165) is 0 Å². The fraction of sp³-hybridized carbons (Fsp3) is 0.355. The van der Waals surface area contributed by atoms with Crippen molar-refractivity contribution in [1.82, 2.24) is 14.3 Å². The van der Waals surface area contributed by atoms with Crippen LogP contribution in [0.2, 0.25) is 10.2 Å². The van der Waals surface area contributed by atoms with Gasteiger partial charge in [-0.25, -0.2) is 18.4 Å². The minimum Gasteiger partial charge on any atom is -0.472 e. The normalized spacial score (nSPS) is 16.8. The Kier molecular flexibility index (Phi) is 9.02. The Morgan fingerprint density at radius 1 is 0.933 bits per heavy atom. The molecule has 1 aliphatic heterocycles. The smallest absolute Gasteiger partial charge is 0.472 e. The van der Waals surface area contributed by atoms with Gasteiger partial charge in [0.05, 0.1) is 5.52 Å². The van der Waals surface area contributed by atoms with E-state index < -0.39 is 26.7 Å². The Hall–Kier alpha value is -3.16. The van der Waals surface area contributed by atoms with E-state index in [-0.39, 0.29) is 37.1 Å². The summed E-state index contributed by atoms with van der Waals surface area (Å²) in [6.07, 6.45) is 1.76. The van der Waals surface area contributed by atoms with E-state index >= 15 is 0 Å². The van der Waals surface area contributed by atoms with Crippen molar-refractivity contribution < 1.29 is 31.4 Å². The number of piperidine rings is 1. The Bertz CT molecular complexity index is 1750. The average molecular weight is 684 g/mol. The first-order valence-corrected chi connectivity index (χ1v) is 16.2. The standard InChI is InChI=1S/C31H31Cl2F3N4O4S/c1-29(2,3)44-28-17-26(38-23-12-14-40(15-13-23)45(42,43)31(34,35)36)24-16-20(6-10-25(24)39-28)30(41,19-4-8-22(32)9-5-19)21-7-11-27(33)37-18-21/h4-11,16-18,23,41H,12-15H2,1-3H3,(H,38,39). The largest absolute Gasteiger partial charge is 0.511 e. The third kappa shape index (κ3) is 7.00. The summed E-state index contributed by atoms with van der Waals surface area (Å²) in [5.74, 6) is 0.317. The first kappa shape index (κ1) is 33.2. The maximum atomic E-state index is 13.1. The van der Waals surface area contributed by atoms with Gasteiger partial charge in [-0.05, 0) is 75.1 Å². The number of aliphatic hydroxyl groups is 1. The molecule has 0 aliphatic carbocycles. The van der Waals surface area contributed by atoms with E-state index in [1.807, 2.05) is 20.8 Å². The van der Waals surface area contributed by atoms with Crippen LogP contribution in [-0.2, 0) is 15.6 Å². The molecule has 3 heterocycles. The number of hydrogen-bond acceptors (Lipinski definition) is 7. The Balaban J connectivity index is 1.58. The summed E-state index contributed by atoms with van der Waals surface area (Å²) in [5.41, 5.74) is -5.09. The summed E-state index contributed by atoms with van der Waals surface area (Å²) in [6, 6.07) is 16.6. The molecule has 2 aromatic carbocycles. The lowest BCUT2D eigenvalue weighted by atomic mass is 9.80. The number of sulfonamides is 1. The quantitative estimate of drug-likeness (QED) is 0.200. The molecule has 1 aliphatic rings. The Labute approximate surface area is 269 Å². The van der Waals surface area contributed by atoms with Gasteiger partial charge in [0.25, 0.3) is 0 Å². The number of halogens is 5. The van der Waals surface area contributed by atoms with E-state index in [4.69, 9.17) is 27.9 Å². The Morgan fingerprint density at radius 2 is 1.56 bits per heavy atom. The van der Waals surface area contributed by atoms with Crippen molar-refractivity contribution in [3.05, 3.63) is 93.7 Å². The highest BCUT2D eigenvalue weighted by atomic mass is 35.5. The predicted octanol–water partition coefficient (Wildman–Crippen LogP) is 7.12. The number of nitrogens with one attached hydrogen (secondary N) is 1. The van der Waals surface area contributed by atoms with Crippen LogP contribution in [0.15, 0.2) is 66.9 Å². The van der Waals surface area contributed by atoms with Crippen LogP contribution in [-0.4, -0.2) is 58.0 Å². The van der Waals surface area contributed by atoms with Crippen molar-refractivity contribution >= 4 is 49.8 Å². The lowest BCUT2D eigenvalue weighted by Gasteiger charge is -2.33. The molecule has 5 rings (SSSR count). The predicted molar refractivity (Wildman–Crippen MR) is 168 cm³/mol. The minimum atomic E-state index is -5.41. The second-order valence-corrected chi connectivity index (χ2v) is 14.6. The van der Waals surface area contributed by atoms with Gasteiger partial charge in [-0.3, -0.25) is 0 Å². The summed E-state index contributed by atoms with van der Waals surface area (Å²) in [6.45, 7) is 5.03. The molecule has 45 heavy (non-hydrogen) atoms. The summed E-state index contributed by atoms with van der Waals surface area (Å²) < 4.78 is 69.8. The molecule has 1 atom stereocenters. The first-order valence-electron chi connectivity index (χ1n) is 14.0. The van der Waals surface area contributed by atoms with Crippen LogP contribution >= 0.6 is 23.2 Å². The lowest BCUT2D eigenvalue weighted by Crippen LogP contribution is -2.47. The number of rotatable bonds is 7. The number of benzene rings is 2. The molecule has 8 nitrogen and oxygen atoms in total. The zero-order valence-corrected chi connectivity index (χ0v) is 26.9. The summed E-state index contributed by atoms with van der Waals surface area (Å²) in [4.78, 5) is 8.85. The summed E-state index contributed by atoms with van der Waals surface area (Å²) >= 11 is 12.2. The zero-order valence-electron chi connectivity index (χ0n) is 24.6. The van der Waals surface area contributed by atoms with E-state index in [9.17, 15) is 26.7 Å². The van der Waals surface area contributed by atoms with Gasteiger partial charge in [0.2, 0.25) is 5.88 Å². The molecule has 4 aromatic rings. The van der Waals surface area contributed by atoms with Gasteiger partial charge in [-0.2, -0.15) is 17.5 Å². The number of nitrogens with zero attached hydrogens (tertiary/aromatic N) is 3. The summed E-state index contributed by atoms with van der Waals surface area (Å²) in [5, 5.41) is 17.1. The molecule has 1 fully saturated rings. The molecule has 0 radical (unpaired) electrons.